The van der Waals surface area contributed by atoms with Crippen molar-refractivity contribution in [3.8, 4) is 0 Å². The van der Waals surface area contributed by atoms with Crippen LogP contribution in [0.5, 0.6) is 0 Å². The standard InChI is InChI=1S/C7H13NO4S.Na.H/c1-5(4-13(10,11)12)3-6(2)7(8)9;;/h5H,2-4H2,1H3,(H2,8,9)(H,10,11,12);;. The molecule has 1 unspecified atom stereocenters. The molecule has 1 atom stereocenters. The van der Waals surface area contributed by atoms with Crippen LogP contribution in [0.4, 0.5) is 0 Å². The van der Waals surface area contributed by atoms with Gasteiger partial charge in [-0.25, -0.2) is 0 Å². The molecule has 0 heterocycles. The van der Waals surface area contributed by atoms with Gasteiger partial charge in [-0.1, -0.05) is 13.5 Å². The van der Waals surface area contributed by atoms with E-state index < -0.39 is 16.0 Å². The van der Waals surface area contributed by atoms with Gasteiger partial charge >= 0.3 is 29.6 Å². The van der Waals surface area contributed by atoms with Gasteiger partial charge in [0.05, 0.1) is 5.75 Å². The monoisotopic (exact) mass is 231 g/mol. The molecular formula is C7H14NNaO4S. The Hall–Kier alpha value is 0.120. The average Bonchev–Trinajstić information content (AvgIpc) is 1.81. The van der Waals surface area contributed by atoms with Gasteiger partial charge in [0.2, 0.25) is 5.91 Å². The second-order valence-corrected chi connectivity index (χ2v) is 4.52. The van der Waals surface area contributed by atoms with Crippen molar-refractivity contribution in [3.05, 3.63) is 12.2 Å². The quantitative estimate of drug-likeness (QED) is 0.371. The Morgan fingerprint density at radius 2 is 2.00 bits per heavy atom. The van der Waals surface area contributed by atoms with Crippen LogP contribution in [0.15, 0.2) is 12.2 Å². The molecule has 0 aromatic carbocycles. The van der Waals surface area contributed by atoms with Crippen LogP contribution in [0.2, 0.25) is 0 Å². The molecule has 5 nitrogen and oxygen atoms in total. The minimum absolute atomic E-state index is 0. The zero-order valence-electron chi connectivity index (χ0n) is 7.36. The summed E-state index contributed by atoms with van der Waals surface area (Å²) in [5.74, 6) is -1.41. The first-order valence-corrected chi connectivity index (χ1v) is 5.26. The molecule has 0 saturated carbocycles. The number of rotatable bonds is 5. The van der Waals surface area contributed by atoms with E-state index in [-0.39, 0.29) is 53.2 Å². The Kier molecular flexibility index (Phi) is 7.77. The first-order valence-electron chi connectivity index (χ1n) is 3.65. The second kappa shape index (κ2) is 6.58. The van der Waals surface area contributed by atoms with Gasteiger partial charge in [-0.15, -0.1) is 0 Å². The minimum atomic E-state index is -3.99. The molecule has 0 aromatic rings. The SMILES string of the molecule is C=C(CC(C)CS(=O)(=O)O)C(N)=O.[NaH]. The van der Waals surface area contributed by atoms with Crippen LogP contribution in [0.3, 0.4) is 0 Å². The van der Waals surface area contributed by atoms with Crippen LogP contribution in [0, 0.1) is 5.92 Å². The van der Waals surface area contributed by atoms with E-state index in [0.717, 1.165) is 0 Å². The van der Waals surface area contributed by atoms with Gasteiger partial charge in [0.1, 0.15) is 0 Å². The van der Waals surface area contributed by atoms with Crippen molar-refractivity contribution in [2.24, 2.45) is 11.7 Å². The van der Waals surface area contributed by atoms with Crippen LogP contribution in [-0.2, 0) is 14.9 Å². The van der Waals surface area contributed by atoms with Crippen molar-refractivity contribution in [2.45, 2.75) is 13.3 Å². The van der Waals surface area contributed by atoms with Crippen LogP contribution >= 0.6 is 0 Å². The summed E-state index contributed by atoms with van der Waals surface area (Å²) in [6.45, 7) is 4.96. The number of hydrogen-bond donors (Lipinski definition) is 2. The van der Waals surface area contributed by atoms with Crippen molar-refractivity contribution in [2.75, 3.05) is 5.75 Å². The number of hydrogen-bond acceptors (Lipinski definition) is 3. The van der Waals surface area contributed by atoms with Gasteiger partial charge in [0.15, 0.2) is 0 Å². The van der Waals surface area contributed by atoms with E-state index in [1.165, 1.54) is 0 Å². The van der Waals surface area contributed by atoms with Crippen molar-refractivity contribution in [1.82, 2.24) is 0 Å². The molecule has 14 heavy (non-hydrogen) atoms. The molecule has 0 aromatic heterocycles. The van der Waals surface area contributed by atoms with Gasteiger partial charge in [-0.05, 0) is 12.3 Å². The van der Waals surface area contributed by atoms with Gasteiger partial charge in [0, 0.05) is 5.57 Å². The number of carbonyl (C=O) groups excluding carboxylic acids is 1. The molecule has 0 aliphatic heterocycles. The predicted octanol–water partition coefficient (Wildman–Crippen LogP) is -0.707. The zero-order valence-corrected chi connectivity index (χ0v) is 8.17. The molecule has 0 rings (SSSR count). The molecular weight excluding hydrogens is 217 g/mol. The molecule has 0 radical (unpaired) electrons. The first-order chi connectivity index (χ1) is 5.72. The first kappa shape index (κ1) is 16.5. The van der Waals surface area contributed by atoms with Gasteiger partial charge in [-0.3, -0.25) is 9.35 Å². The summed E-state index contributed by atoms with van der Waals surface area (Å²) in [6, 6.07) is 0. The van der Waals surface area contributed by atoms with Gasteiger partial charge < -0.3 is 5.73 Å². The fourth-order valence-electron chi connectivity index (χ4n) is 0.940. The molecule has 7 heteroatoms. The third-order valence-corrected chi connectivity index (χ3v) is 2.43. The fourth-order valence-corrected chi connectivity index (χ4v) is 1.78. The Bertz CT molecular complexity index is 312. The molecule has 0 spiro atoms. The maximum atomic E-state index is 10.5. The Morgan fingerprint density at radius 3 is 2.29 bits per heavy atom. The topological polar surface area (TPSA) is 97.5 Å². The molecule has 3 N–H and O–H groups in total. The summed E-state index contributed by atoms with van der Waals surface area (Å²) in [5.41, 5.74) is 5.06. The zero-order chi connectivity index (χ0) is 10.6. The van der Waals surface area contributed by atoms with Crippen LogP contribution in [0.25, 0.3) is 0 Å². The molecule has 0 aliphatic rings. The van der Waals surface area contributed by atoms with Crippen molar-refractivity contribution in [3.63, 3.8) is 0 Å². The van der Waals surface area contributed by atoms with Crippen molar-refractivity contribution in [1.29, 1.82) is 0 Å². The summed E-state index contributed by atoms with van der Waals surface area (Å²) in [6.07, 6.45) is 0.176. The molecule has 0 aliphatic carbocycles. The predicted molar refractivity (Wildman–Crippen MR) is 55.7 cm³/mol. The third kappa shape index (κ3) is 8.71. The number of primary amides is 1. The number of amides is 1. The Labute approximate surface area is 106 Å². The normalized spacial score (nSPS) is 12.7. The van der Waals surface area contributed by atoms with Crippen LogP contribution in [0.1, 0.15) is 13.3 Å². The Balaban J connectivity index is 0. The van der Waals surface area contributed by atoms with E-state index in [1.54, 1.807) is 6.92 Å². The molecule has 1 amide bonds. The van der Waals surface area contributed by atoms with E-state index in [0.29, 0.717) is 0 Å². The van der Waals surface area contributed by atoms with E-state index >= 15 is 0 Å². The van der Waals surface area contributed by atoms with E-state index in [4.69, 9.17) is 10.3 Å². The van der Waals surface area contributed by atoms with E-state index in [9.17, 15) is 13.2 Å². The van der Waals surface area contributed by atoms with Crippen molar-refractivity contribution < 1.29 is 17.8 Å². The summed E-state index contributed by atoms with van der Waals surface area (Å²) in [7, 11) is -3.99. The van der Waals surface area contributed by atoms with Gasteiger partial charge in [0.25, 0.3) is 10.1 Å². The van der Waals surface area contributed by atoms with E-state index in [1.807, 2.05) is 0 Å². The summed E-state index contributed by atoms with van der Waals surface area (Å²) >= 11 is 0. The fraction of sp³-hybridized carbons (Fsp3) is 0.571. The Morgan fingerprint density at radius 1 is 1.57 bits per heavy atom. The van der Waals surface area contributed by atoms with Crippen LogP contribution in [-0.4, -0.2) is 54.2 Å². The summed E-state index contributed by atoms with van der Waals surface area (Å²) in [5, 5.41) is 0. The van der Waals surface area contributed by atoms with Crippen molar-refractivity contribution >= 4 is 45.6 Å². The summed E-state index contributed by atoms with van der Waals surface area (Å²) < 4.78 is 29.3. The number of carbonyl (C=O) groups is 1. The molecule has 0 bridgehead atoms. The molecule has 0 saturated heterocycles. The van der Waals surface area contributed by atoms with Gasteiger partial charge in [-0.2, -0.15) is 8.42 Å². The molecule has 0 fully saturated rings. The maximum absolute atomic E-state index is 10.5. The number of nitrogens with two attached hydrogens (primary N) is 1. The average molecular weight is 231 g/mol. The van der Waals surface area contributed by atoms with Crippen LogP contribution < -0.4 is 5.73 Å². The summed E-state index contributed by atoms with van der Waals surface area (Å²) in [4.78, 5) is 10.5. The van der Waals surface area contributed by atoms with E-state index in [2.05, 4.69) is 6.58 Å². The second-order valence-electron chi connectivity index (χ2n) is 3.03. The third-order valence-electron chi connectivity index (χ3n) is 1.44. The molecule has 78 valence electrons.